The van der Waals surface area contributed by atoms with E-state index in [1.54, 1.807) is 0 Å². The first-order valence-corrected chi connectivity index (χ1v) is 33.2. The molecule has 0 aromatic heterocycles. The van der Waals surface area contributed by atoms with Crippen LogP contribution in [0.3, 0.4) is 0 Å². The molecule has 1 atom stereocenters. The third kappa shape index (κ3) is 64.4. The summed E-state index contributed by atoms with van der Waals surface area (Å²) in [7, 11) is 0. The van der Waals surface area contributed by atoms with Crippen molar-refractivity contribution < 1.29 is 28.6 Å². The van der Waals surface area contributed by atoms with Crippen molar-refractivity contribution in [3.05, 3.63) is 134 Å². The topological polar surface area (TPSA) is 78.9 Å². The first-order chi connectivity index (χ1) is 39.5. The van der Waals surface area contributed by atoms with Gasteiger partial charge in [-0.25, -0.2) is 0 Å². The smallest absolute Gasteiger partial charge is 0.306 e. The average molecular weight is 1110 g/mol. The average Bonchev–Trinajstić information content (AvgIpc) is 3.46. The molecule has 0 rings (SSSR count). The highest BCUT2D eigenvalue weighted by molar-refractivity contribution is 5.71. The molecular formula is C74H122O6. The van der Waals surface area contributed by atoms with Crippen LogP contribution in [0.1, 0.15) is 297 Å². The normalized spacial score (nSPS) is 13.0. The second kappa shape index (κ2) is 67.1. The van der Waals surface area contributed by atoms with Crippen molar-refractivity contribution in [3.8, 4) is 0 Å². The molecule has 6 nitrogen and oxygen atoms in total. The molecule has 0 saturated carbocycles. The van der Waals surface area contributed by atoms with Crippen molar-refractivity contribution in [2.75, 3.05) is 13.2 Å². The Hall–Kier alpha value is -4.45. The van der Waals surface area contributed by atoms with Crippen LogP contribution in [0.2, 0.25) is 0 Å². The van der Waals surface area contributed by atoms with Gasteiger partial charge in [0.15, 0.2) is 6.10 Å². The molecule has 0 aromatic rings. The number of hydrogen-bond acceptors (Lipinski definition) is 6. The van der Waals surface area contributed by atoms with Crippen LogP contribution in [0.5, 0.6) is 0 Å². The Kier molecular flexibility index (Phi) is 63.3. The Morgan fingerprint density at radius 2 is 0.487 bits per heavy atom. The molecule has 6 heteroatoms. The molecular weight excluding hydrogens is 985 g/mol. The summed E-state index contributed by atoms with van der Waals surface area (Å²) in [6, 6.07) is 0. The van der Waals surface area contributed by atoms with E-state index in [1.165, 1.54) is 109 Å². The molecule has 0 heterocycles. The van der Waals surface area contributed by atoms with E-state index in [-0.39, 0.29) is 31.1 Å². The van der Waals surface area contributed by atoms with Gasteiger partial charge in [-0.2, -0.15) is 0 Å². The predicted octanol–water partition coefficient (Wildman–Crippen LogP) is 22.9. The van der Waals surface area contributed by atoms with Crippen LogP contribution < -0.4 is 0 Å². The Morgan fingerprint density at radius 1 is 0.263 bits per heavy atom. The van der Waals surface area contributed by atoms with Gasteiger partial charge in [0.1, 0.15) is 13.2 Å². The molecule has 80 heavy (non-hydrogen) atoms. The maximum absolute atomic E-state index is 12.9. The molecule has 0 spiro atoms. The Bertz CT molecular complexity index is 1700. The largest absolute Gasteiger partial charge is 0.462 e. The number of ether oxygens (including phenoxy) is 3. The van der Waals surface area contributed by atoms with E-state index in [4.69, 9.17) is 14.2 Å². The van der Waals surface area contributed by atoms with Crippen LogP contribution in [-0.4, -0.2) is 37.2 Å². The minimum atomic E-state index is -0.803. The molecule has 0 N–H and O–H groups in total. The van der Waals surface area contributed by atoms with E-state index in [2.05, 4.69) is 154 Å². The van der Waals surface area contributed by atoms with Crippen LogP contribution in [0.15, 0.2) is 134 Å². The van der Waals surface area contributed by atoms with Gasteiger partial charge in [-0.15, -0.1) is 0 Å². The summed E-state index contributed by atoms with van der Waals surface area (Å²) in [6.07, 6.45) is 94.6. The van der Waals surface area contributed by atoms with Crippen LogP contribution in [0.25, 0.3) is 0 Å². The third-order valence-electron chi connectivity index (χ3n) is 13.9. The zero-order valence-corrected chi connectivity index (χ0v) is 52.0. The molecule has 454 valence electrons. The SMILES string of the molecule is CC/C=C\C/C=C\C/C=C\C/C=C\C/C=C\C/C=C\C/C=C\C/C=C\C/C=C\CCCCCC(=O)OCC(COC(=O)CCCCCCCCCCCCCCCCC)OC(=O)CCCCCCC/C=C\C/C=C\CCCCCC. The summed E-state index contributed by atoms with van der Waals surface area (Å²) in [4.78, 5) is 38.3. The fourth-order valence-electron chi connectivity index (χ4n) is 8.94. The lowest BCUT2D eigenvalue weighted by Crippen LogP contribution is -2.30. The van der Waals surface area contributed by atoms with Crippen molar-refractivity contribution in [2.24, 2.45) is 0 Å². The van der Waals surface area contributed by atoms with E-state index in [9.17, 15) is 14.4 Å². The maximum Gasteiger partial charge on any atom is 0.306 e. The quantitative estimate of drug-likeness (QED) is 0.0261. The van der Waals surface area contributed by atoms with Gasteiger partial charge in [0, 0.05) is 19.3 Å². The van der Waals surface area contributed by atoms with Gasteiger partial charge >= 0.3 is 17.9 Å². The lowest BCUT2D eigenvalue weighted by Gasteiger charge is -2.18. The monoisotopic (exact) mass is 1110 g/mol. The zero-order chi connectivity index (χ0) is 57.8. The highest BCUT2D eigenvalue weighted by atomic mass is 16.6. The van der Waals surface area contributed by atoms with Gasteiger partial charge in [0.2, 0.25) is 0 Å². The third-order valence-corrected chi connectivity index (χ3v) is 13.9. The van der Waals surface area contributed by atoms with Crippen LogP contribution in [-0.2, 0) is 28.6 Å². The zero-order valence-electron chi connectivity index (χ0n) is 52.0. The first-order valence-electron chi connectivity index (χ1n) is 33.2. The second-order valence-electron chi connectivity index (χ2n) is 21.6. The number of allylic oxidation sites excluding steroid dienone is 22. The van der Waals surface area contributed by atoms with E-state index >= 15 is 0 Å². The summed E-state index contributed by atoms with van der Waals surface area (Å²) in [5, 5.41) is 0. The summed E-state index contributed by atoms with van der Waals surface area (Å²) in [5.74, 6) is -0.938. The van der Waals surface area contributed by atoms with Gasteiger partial charge in [-0.05, 0) is 122 Å². The van der Waals surface area contributed by atoms with Crippen molar-refractivity contribution >= 4 is 17.9 Å². The first kappa shape index (κ1) is 75.5. The highest BCUT2D eigenvalue weighted by Gasteiger charge is 2.19. The van der Waals surface area contributed by atoms with Gasteiger partial charge in [-0.3, -0.25) is 14.4 Å². The van der Waals surface area contributed by atoms with Crippen LogP contribution in [0, 0.1) is 0 Å². The van der Waals surface area contributed by atoms with Crippen LogP contribution in [0.4, 0.5) is 0 Å². The Balaban J connectivity index is 4.41. The van der Waals surface area contributed by atoms with E-state index in [0.29, 0.717) is 19.3 Å². The fraction of sp³-hybridized carbons (Fsp3) is 0.662. The summed E-state index contributed by atoms with van der Waals surface area (Å²) >= 11 is 0. The van der Waals surface area contributed by atoms with E-state index < -0.39 is 6.10 Å². The lowest BCUT2D eigenvalue weighted by atomic mass is 10.0. The standard InChI is InChI=1S/C74H122O6/c1-4-7-10-13-16-19-22-25-28-30-31-32-33-34-35-36-37-38-39-40-41-42-43-44-47-49-52-55-58-61-64-67-73(76)79-70-71(69-78-72(75)66-63-60-57-54-51-48-45-27-24-21-18-15-12-9-6-3)80-74(77)68-65-62-59-56-53-50-46-29-26-23-20-17-14-11-8-5-2/h7,10,16,19-20,23,25,28-29,31-32,34-35,37-38,40-41,43-44,46,49,52,71H,4-6,8-9,11-15,17-18,21-22,24,26-27,30,33,36,39,42,45,47-48,50-51,53-70H2,1-3H3/b10-7-,19-16-,23-20-,28-25-,32-31-,35-34-,38-37-,41-40-,44-43-,46-29-,52-49-. The van der Waals surface area contributed by atoms with Crippen LogP contribution >= 0.6 is 0 Å². The van der Waals surface area contributed by atoms with E-state index in [1.807, 2.05) is 0 Å². The molecule has 0 aliphatic heterocycles. The number of esters is 3. The predicted molar refractivity (Wildman–Crippen MR) is 348 cm³/mol. The summed E-state index contributed by atoms with van der Waals surface area (Å²) < 4.78 is 16.9. The van der Waals surface area contributed by atoms with Gasteiger partial charge in [0.05, 0.1) is 0 Å². The second-order valence-corrected chi connectivity index (χ2v) is 21.6. The number of unbranched alkanes of at least 4 members (excludes halogenated alkanes) is 26. The van der Waals surface area contributed by atoms with Gasteiger partial charge in [0.25, 0.3) is 0 Å². The fourth-order valence-corrected chi connectivity index (χ4v) is 8.94. The molecule has 0 aliphatic rings. The number of hydrogen-bond donors (Lipinski definition) is 0. The summed E-state index contributed by atoms with van der Waals surface area (Å²) in [6.45, 7) is 6.49. The maximum atomic E-state index is 12.9. The minimum Gasteiger partial charge on any atom is -0.462 e. The van der Waals surface area contributed by atoms with Gasteiger partial charge < -0.3 is 14.2 Å². The number of carbonyl (C=O) groups is 3. The molecule has 1 unspecified atom stereocenters. The molecule has 0 amide bonds. The molecule has 0 fully saturated rings. The lowest BCUT2D eigenvalue weighted by molar-refractivity contribution is -0.167. The number of carbonyl (C=O) groups excluding carboxylic acids is 3. The number of rotatable bonds is 59. The summed E-state index contributed by atoms with van der Waals surface area (Å²) in [5.41, 5.74) is 0. The van der Waals surface area contributed by atoms with Crippen molar-refractivity contribution in [1.82, 2.24) is 0 Å². The Morgan fingerprint density at radius 3 is 0.787 bits per heavy atom. The highest BCUT2D eigenvalue weighted by Crippen LogP contribution is 2.16. The minimum absolute atomic E-state index is 0.0951. The Labute approximate surface area is 494 Å². The van der Waals surface area contributed by atoms with Crippen molar-refractivity contribution in [1.29, 1.82) is 0 Å². The molecule has 0 aliphatic carbocycles. The molecule has 0 radical (unpaired) electrons. The molecule has 0 aromatic carbocycles. The van der Waals surface area contributed by atoms with Crippen molar-refractivity contribution in [2.45, 2.75) is 303 Å². The van der Waals surface area contributed by atoms with Gasteiger partial charge in [-0.1, -0.05) is 289 Å². The van der Waals surface area contributed by atoms with Crippen molar-refractivity contribution in [3.63, 3.8) is 0 Å². The van der Waals surface area contributed by atoms with E-state index in [0.717, 1.165) is 148 Å². The molecule has 0 bridgehead atoms. The molecule has 0 saturated heterocycles.